The zero-order valence-electron chi connectivity index (χ0n) is 9.77. The topological polar surface area (TPSA) is 74.4 Å². The van der Waals surface area contributed by atoms with Crippen LogP contribution >= 0.6 is 11.3 Å². The molecule has 5 nitrogen and oxygen atoms in total. The van der Waals surface area contributed by atoms with E-state index < -0.39 is 0 Å². The molecule has 0 amide bonds. The number of hydrogen-bond donors (Lipinski definition) is 1. The minimum Gasteiger partial charge on any atom is -0.461 e. The lowest BCUT2D eigenvalue weighted by molar-refractivity contribution is 0.0514. The summed E-state index contributed by atoms with van der Waals surface area (Å²) >= 11 is 1.39. The maximum Gasteiger partial charge on any atom is 0.358 e. The summed E-state index contributed by atoms with van der Waals surface area (Å²) in [4.78, 5) is 16.8. The van der Waals surface area contributed by atoms with E-state index in [9.17, 15) is 4.79 Å². The molecule has 0 saturated carbocycles. The maximum absolute atomic E-state index is 11.8. The Morgan fingerprint density at radius 3 is 2.94 bits per heavy atom. The van der Waals surface area contributed by atoms with Gasteiger partial charge in [0.2, 0.25) is 0 Å². The molecule has 2 heterocycles. The van der Waals surface area contributed by atoms with E-state index in [-0.39, 0.29) is 5.97 Å². The van der Waals surface area contributed by atoms with Crippen LogP contribution in [0.15, 0.2) is 0 Å². The van der Waals surface area contributed by atoms with Crippen molar-refractivity contribution in [2.75, 3.05) is 25.6 Å². The van der Waals surface area contributed by atoms with Crippen LogP contribution in [0.25, 0.3) is 0 Å². The van der Waals surface area contributed by atoms with Gasteiger partial charge >= 0.3 is 5.97 Å². The van der Waals surface area contributed by atoms with Crippen molar-refractivity contribution in [2.24, 2.45) is 0 Å². The second kappa shape index (κ2) is 5.46. The number of carbonyl (C=O) groups excluding carboxylic acids is 1. The Labute approximate surface area is 104 Å². The largest absolute Gasteiger partial charge is 0.461 e. The molecule has 0 atom stereocenters. The summed E-state index contributed by atoms with van der Waals surface area (Å²) in [5.74, 6) is -0.0557. The first kappa shape index (κ1) is 12.3. The molecular weight excluding hydrogens is 240 g/mol. The first-order chi connectivity index (χ1) is 8.22. The zero-order chi connectivity index (χ0) is 12.3. The Hall–Kier alpha value is -1.14. The van der Waals surface area contributed by atoms with Crippen molar-refractivity contribution in [2.45, 2.75) is 25.7 Å². The third-order valence-corrected chi connectivity index (χ3v) is 3.78. The maximum atomic E-state index is 11.8. The van der Waals surface area contributed by atoms with Gasteiger partial charge in [-0.15, -0.1) is 11.3 Å². The fraction of sp³-hybridized carbons (Fsp3) is 0.636. The molecule has 0 radical (unpaired) electrons. The highest BCUT2D eigenvalue weighted by atomic mass is 32.1. The van der Waals surface area contributed by atoms with E-state index in [0.717, 1.165) is 30.9 Å². The molecule has 0 aliphatic carbocycles. The molecule has 2 rings (SSSR count). The van der Waals surface area contributed by atoms with E-state index in [2.05, 4.69) is 4.98 Å². The molecule has 17 heavy (non-hydrogen) atoms. The lowest BCUT2D eigenvalue weighted by Gasteiger charge is -2.21. The summed E-state index contributed by atoms with van der Waals surface area (Å²) < 4.78 is 10.3. The predicted octanol–water partition coefficient (Wildman–Crippen LogP) is 1.80. The highest BCUT2D eigenvalue weighted by Crippen LogP contribution is 2.35. The van der Waals surface area contributed by atoms with Gasteiger partial charge in [0.1, 0.15) is 0 Å². The fourth-order valence-electron chi connectivity index (χ4n) is 1.93. The second-order valence-corrected chi connectivity index (χ2v) is 4.93. The summed E-state index contributed by atoms with van der Waals surface area (Å²) in [7, 11) is 0. The molecule has 94 valence electrons. The lowest BCUT2D eigenvalue weighted by atomic mass is 9.97. The molecule has 1 aliphatic rings. The van der Waals surface area contributed by atoms with E-state index in [1.165, 1.54) is 11.3 Å². The number of nitrogens with zero attached hydrogens (tertiary/aromatic N) is 1. The summed E-state index contributed by atoms with van der Waals surface area (Å²) in [6, 6.07) is 0. The number of thiazole rings is 1. The van der Waals surface area contributed by atoms with Crippen molar-refractivity contribution >= 4 is 22.4 Å². The van der Waals surface area contributed by atoms with Crippen molar-refractivity contribution in [1.82, 2.24) is 4.98 Å². The van der Waals surface area contributed by atoms with Gasteiger partial charge in [-0.05, 0) is 19.8 Å². The van der Waals surface area contributed by atoms with Crippen LogP contribution in [0.4, 0.5) is 5.13 Å². The average molecular weight is 256 g/mol. The molecule has 6 heteroatoms. The van der Waals surface area contributed by atoms with Crippen molar-refractivity contribution < 1.29 is 14.3 Å². The van der Waals surface area contributed by atoms with Crippen LogP contribution in [-0.4, -0.2) is 30.8 Å². The van der Waals surface area contributed by atoms with Gasteiger partial charge in [-0.3, -0.25) is 0 Å². The molecule has 1 saturated heterocycles. The number of esters is 1. The van der Waals surface area contributed by atoms with Crippen molar-refractivity contribution in [3.05, 3.63) is 10.6 Å². The monoisotopic (exact) mass is 256 g/mol. The summed E-state index contributed by atoms with van der Waals surface area (Å²) in [6.07, 6.45) is 1.82. The van der Waals surface area contributed by atoms with E-state index in [1.807, 2.05) is 0 Å². The number of carbonyl (C=O) groups is 1. The van der Waals surface area contributed by atoms with Gasteiger partial charge in [0, 0.05) is 24.0 Å². The third kappa shape index (κ3) is 2.76. The Balaban J connectivity index is 2.22. The predicted molar refractivity (Wildman–Crippen MR) is 65.3 cm³/mol. The van der Waals surface area contributed by atoms with Crippen LogP contribution in [0.3, 0.4) is 0 Å². The smallest absolute Gasteiger partial charge is 0.358 e. The summed E-state index contributed by atoms with van der Waals surface area (Å²) in [5.41, 5.74) is 6.08. The standard InChI is InChI=1S/C11H16N2O3S/c1-2-16-10(14)8-9(17-11(12)13-8)7-3-5-15-6-4-7/h7H,2-6H2,1H3,(H2,12,13). The van der Waals surface area contributed by atoms with Gasteiger partial charge in [0.15, 0.2) is 10.8 Å². The molecule has 1 aliphatic heterocycles. The number of rotatable bonds is 3. The minimum atomic E-state index is -0.373. The first-order valence-corrected chi connectivity index (χ1v) is 6.55. The lowest BCUT2D eigenvalue weighted by Crippen LogP contribution is -2.16. The van der Waals surface area contributed by atoms with Crippen LogP contribution in [0.2, 0.25) is 0 Å². The minimum absolute atomic E-state index is 0.318. The van der Waals surface area contributed by atoms with Gasteiger partial charge in [-0.25, -0.2) is 9.78 Å². The fourth-order valence-corrected chi connectivity index (χ4v) is 2.92. The van der Waals surface area contributed by atoms with Gasteiger partial charge in [-0.2, -0.15) is 0 Å². The highest BCUT2D eigenvalue weighted by Gasteiger charge is 2.26. The SMILES string of the molecule is CCOC(=O)c1nc(N)sc1C1CCOCC1. The Kier molecular flexibility index (Phi) is 3.96. The molecule has 0 bridgehead atoms. The van der Waals surface area contributed by atoms with Crippen LogP contribution < -0.4 is 5.73 Å². The highest BCUT2D eigenvalue weighted by molar-refractivity contribution is 7.15. The second-order valence-electron chi connectivity index (χ2n) is 3.87. The number of ether oxygens (including phenoxy) is 2. The van der Waals surface area contributed by atoms with E-state index in [1.54, 1.807) is 6.92 Å². The number of nitrogens with two attached hydrogens (primary N) is 1. The van der Waals surface area contributed by atoms with Gasteiger partial charge in [0.25, 0.3) is 0 Å². The Morgan fingerprint density at radius 1 is 1.59 bits per heavy atom. The molecular formula is C11H16N2O3S. The van der Waals surface area contributed by atoms with Crippen molar-refractivity contribution in [1.29, 1.82) is 0 Å². The van der Waals surface area contributed by atoms with Crippen LogP contribution in [0, 0.1) is 0 Å². The normalized spacial score (nSPS) is 17.0. The zero-order valence-corrected chi connectivity index (χ0v) is 10.6. The van der Waals surface area contributed by atoms with Crippen molar-refractivity contribution in [3.8, 4) is 0 Å². The summed E-state index contributed by atoms with van der Waals surface area (Å²) in [5, 5.41) is 0.426. The third-order valence-electron chi connectivity index (χ3n) is 2.73. The Morgan fingerprint density at radius 2 is 2.29 bits per heavy atom. The Bertz CT molecular complexity index is 399. The molecule has 0 aromatic carbocycles. The number of hydrogen-bond acceptors (Lipinski definition) is 6. The van der Waals surface area contributed by atoms with Crippen molar-refractivity contribution in [3.63, 3.8) is 0 Å². The molecule has 1 aromatic rings. The quantitative estimate of drug-likeness (QED) is 0.835. The molecule has 1 aromatic heterocycles. The molecule has 2 N–H and O–H groups in total. The van der Waals surface area contributed by atoms with Crippen LogP contribution in [0.1, 0.15) is 41.0 Å². The average Bonchev–Trinajstić information content (AvgIpc) is 2.73. The van der Waals surface area contributed by atoms with E-state index >= 15 is 0 Å². The number of anilines is 1. The van der Waals surface area contributed by atoms with Gasteiger partial charge in [0.05, 0.1) is 6.61 Å². The van der Waals surface area contributed by atoms with Crippen LogP contribution in [0.5, 0.6) is 0 Å². The van der Waals surface area contributed by atoms with Gasteiger partial charge < -0.3 is 15.2 Å². The van der Waals surface area contributed by atoms with E-state index in [4.69, 9.17) is 15.2 Å². The molecule has 0 spiro atoms. The number of aromatic nitrogens is 1. The summed E-state index contributed by atoms with van der Waals surface area (Å²) in [6.45, 7) is 3.58. The van der Waals surface area contributed by atoms with E-state index in [0.29, 0.717) is 23.4 Å². The molecule has 1 fully saturated rings. The molecule has 0 unspecified atom stereocenters. The van der Waals surface area contributed by atoms with Crippen LogP contribution in [-0.2, 0) is 9.47 Å². The first-order valence-electron chi connectivity index (χ1n) is 5.73. The van der Waals surface area contributed by atoms with Gasteiger partial charge in [-0.1, -0.05) is 0 Å². The number of nitrogen functional groups attached to an aromatic ring is 1.